The van der Waals surface area contributed by atoms with Crippen molar-refractivity contribution in [1.29, 1.82) is 0 Å². The summed E-state index contributed by atoms with van der Waals surface area (Å²) < 4.78 is 9.34. The van der Waals surface area contributed by atoms with Crippen LogP contribution in [-0.2, 0) is 18.7 Å². The predicted octanol–water partition coefficient (Wildman–Crippen LogP) is 4.29. The number of nitrogens with zero attached hydrogens (tertiary/aromatic N) is 7. The minimum absolute atomic E-state index is 0.0283. The highest BCUT2D eigenvalue weighted by Gasteiger charge is 2.34. The van der Waals surface area contributed by atoms with Crippen LogP contribution in [0.25, 0.3) is 16.0 Å². The van der Waals surface area contributed by atoms with E-state index in [1.807, 2.05) is 72.8 Å². The zero-order chi connectivity index (χ0) is 34.1. The Morgan fingerprint density at radius 2 is 1.74 bits per heavy atom. The number of nitrogens with one attached hydrogen (secondary N) is 1. The number of likely N-dealkylation sites (tertiary alicyclic amines) is 1. The van der Waals surface area contributed by atoms with E-state index in [1.165, 1.54) is 6.33 Å². The molecule has 0 radical (unpaired) electrons. The first kappa shape index (κ1) is 32.1. The molecule has 4 N–H and O–H groups in total. The molecule has 6 aromatic rings. The molecule has 1 saturated heterocycles. The lowest BCUT2D eigenvalue weighted by molar-refractivity contribution is -0.0246. The monoisotopic (exact) mass is 689 g/mol. The van der Waals surface area contributed by atoms with Gasteiger partial charge >= 0.3 is 0 Å². The number of piperidine rings is 1. The summed E-state index contributed by atoms with van der Waals surface area (Å²) in [6.45, 7) is 4.48. The molecule has 8 rings (SSSR count). The van der Waals surface area contributed by atoms with Crippen molar-refractivity contribution < 1.29 is 9.84 Å². The zero-order valence-electron chi connectivity index (χ0n) is 27.6. The largest absolute Gasteiger partial charge is 0.490 e. The topological polar surface area (TPSA) is 140 Å². The Hall–Kier alpha value is -5.08. The van der Waals surface area contributed by atoms with E-state index in [-0.39, 0.29) is 11.4 Å². The third-order valence-electron chi connectivity index (χ3n) is 9.60. The second kappa shape index (κ2) is 13.7. The fourth-order valence-corrected chi connectivity index (χ4v) is 8.05. The van der Waals surface area contributed by atoms with E-state index in [0.717, 1.165) is 63.8 Å². The second-order valence-electron chi connectivity index (χ2n) is 13.0. The Kier molecular flexibility index (Phi) is 8.79. The van der Waals surface area contributed by atoms with Crippen molar-refractivity contribution in [2.24, 2.45) is 0 Å². The molecule has 0 aliphatic carbocycles. The maximum atomic E-state index is 13.5. The van der Waals surface area contributed by atoms with E-state index in [1.54, 1.807) is 26.9 Å². The normalized spacial score (nSPS) is 16.6. The molecule has 0 bridgehead atoms. The van der Waals surface area contributed by atoms with Crippen LogP contribution >= 0.6 is 11.3 Å². The van der Waals surface area contributed by atoms with Gasteiger partial charge in [-0.3, -0.25) is 14.3 Å². The average Bonchev–Trinajstić information content (AvgIpc) is 3.81. The number of nitrogen functional groups attached to an aromatic ring is 1. The zero-order valence-corrected chi connectivity index (χ0v) is 28.4. The van der Waals surface area contributed by atoms with Gasteiger partial charge in [0.25, 0.3) is 5.56 Å². The van der Waals surface area contributed by atoms with Crippen molar-refractivity contribution in [2.45, 2.75) is 37.6 Å². The lowest BCUT2D eigenvalue weighted by atomic mass is 9.92. The molecule has 3 aromatic carbocycles. The summed E-state index contributed by atoms with van der Waals surface area (Å²) in [4.78, 5) is 28.4. The summed E-state index contributed by atoms with van der Waals surface area (Å²) in [5.41, 5.74) is 9.03. The molecule has 256 valence electrons. The van der Waals surface area contributed by atoms with Gasteiger partial charge in [-0.05, 0) is 67.9 Å². The van der Waals surface area contributed by atoms with Crippen molar-refractivity contribution >= 4 is 38.9 Å². The number of aliphatic hydroxyl groups is 1. The van der Waals surface area contributed by atoms with E-state index in [0.29, 0.717) is 44.5 Å². The van der Waals surface area contributed by atoms with Gasteiger partial charge in [0.05, 0.1) is 30.0 Å². The lowest BCUT2D eigenvalue weighted by Gasteiger charge is -2.38. The number of rotatable bonds is 10. The molecular formula is C37H39N9O3S. The quantitative estimate of drug-likeness (QED) is 0.191. The first-order valence-electron chi connectivity index (χ1n) is 16.9. The number of fused-ring (bicyclic) bond motifs is 2. The van der Waals surface area contributed by atoms with Crippen LogP contribution in [0.3, 0.4) is 0 Å². The van der Waals surface area contributed by atoms with Crippen LogP contribution < -0.4 is 26.2 Å². The number of anilines is 3. The first-order chi connectivity index (χ1) is 24.4. The summed E-state index contributed by atoms with van der Waals surface area (Å²) >= 11 is 1.55. The highest BCUT2D eigenvalue weighted by molar-refractivity contribution is 7.18. The molecule has 1 atom stereocenters. The minimum atomic E-state index is -1.10. The third kappa shape index (κ3) is 6.48. The van der Waals surface area contributed by atoms with Crippen LogP contribution in [0.1, 0.15) is 23.3 Å². The van der Waals surface area contributed by atoms with Crippen molar-refractivity contribution in [3.8, 4) is 11.4 Å². The fourth-order valence-electron chi connectivity index (χ4n) is 7.08. The van der Waals surface area contributed by atoms with Gasteiger partial charge in [-0.1, -0.05) is 48.5 Å². The van der Waals surface area contributed by atoms with Crippen LogP contribution in [0.4, 0.5) is 17.2 Å². The fraction of sp³-hybridized carbons (Fsp3) is 0.297. The molecule has 1 fully saturated rings. The standard InChI is InChI=1S/C37H39N9O3S/c38-34-36(47)46(29-11-12-33-31(19-29)45(17-18-49-33)28-9-5-2-6-10-28)32-20-30(50-35(32)42-34)21-40-27-13-15-43(16-14-27)22-37(48,23-44-25-39-24-41-44)26-7-3-1-4-8-26/h1-12,19-20,24-25,27,40,48H,13-18,21-23H2,(H2,38,42). The van der Waals surface area contributed by atoms with Crippen molar-refractivity contribution in [3.63, 3.8) is 0 Å². The molecule has 13 heteroatoms. The van der Waals surface area contributed by atoms with Gasteiger partial charge in [0.15, 0.2) is 5.82 Å². The average molecular weight is 690 g/mol. The maximum Gasteiger partial charge on any atom is 0.298 e. The van der Waals surface area contributed by atoms with E-state index in [9.17, 15) is 9.90 Å². The van der Waals surface area contributed by atoms with Gasteiger partial charge in [0.1, 0.15) is 35.4 Å². The summed E-state index contributed by atoms with van der Waals surface area (Å²) in [5, 5.41) is 19.8. The van der Waals surface area contributed by atoms with Crippen LogP contribution in [0.5, 0.6) is 5.75 Å². The van der Waals surface area contributed by atoms with Crippen LogP contribution in [0, 0.1) is 0 Å². The molecule has 50 heavy (non-hydrogen) atoms. The van der Waals surface area contributed by atoms with Gasteiger partial charge in [0, 0.05) is 29.7 Å². The van der Waals surface area contributed by atoms with E-state index in [4.69, 9.17) is 10.5 Å². The highest BCUT2D eigenvalue weighted by Crippen LogP contribution is 2.38. The number of aromatic nitrogens is 5. The molecule has 3 aromatic heterocycles. The third-order valence-corrected chi connectivity index (χ3v) is 10.6. The second-order valence-corrected chi connectivity index (χ2v) is 14.1. The number of hydrogen-bond acceptors (Lipinski definition) is 11. The smallest absolute Gasteiger partial charge is 0.298 e. The number of ether oxygens (including phenoxy) is 1. The number of para-hydroxylation sites is 1. The highest BCUT2D eigenvalue weighted by atomic mass is 32.1. The summed E-state index contributed by atoms with van der Waals surface area (Å²) in [6, 6.07) is 28.2. The van der Waals surface area contributed by atoms with E-state index in [2.05, 4.69) is 42.3 Å². The Morgan fingerprint density at radius 1 is 0.960 bits per heavy atom. The summed E-state index contributed by atoms with van der Waals surface area (Å²) in [5.74, 6) is 0.746. The Labute approximate surface area is 293 Å². The van der Waals surface area contributed by atoms with Crippen LogP contribution in [0.2, 0.25) is 0 Å². The van der Waals surface area contributed by atoms with Crippen molar-refractivity contribution in [1.82, 2.24) is 34.5 Å². The van der Waals surface area contributed by atoms with Gasteiger partial charge in [-0.25, -0.2) is 14.6 Å². The number of thiophene rings is 1. The number of hydrogen-bond donors (Lipinski definition) is 3. The molecule has 2 aliphatic rings. The summed E-state index contributed by atoms with van der Waals surface area (Å²) in [7, 11) is 0. The van der Waals surface area contributed by atoms with Crippen molar-refractivity contribution in [3.05, 3.63) is 118 Å². The molecule has 5 heterocycles. The molecular weight excluding hydrogens is 651 g/mol. The predicted molar refractivity (Wildman–Crippen MR) is 195 cm³/mol. The molecule has 12 nitrogen and oxygen atoms in total. The maximum absolute atomic E-state index is 13.5. The van der Waals surface area contributed by atoms with E-state index >= 15 is 0 Å². The SMILES string of the molecule is Nc1nc2sc(CNC3CCN(CC(O)(Cn4cncn4)c4ccccc4)CC3)cc2n(-c2ccc3c(c2)N(c2ccccc2)CCO3)c1=O. The molecule has 2 aliphatic heterocycles. The lowest BCUT2D eigenvalue weighted by Crippen LogP contribution is -2.49. The first-order valence-corrected chi connectivity index (χ1v) is 17.7. The Morgan fingerprint density at radius 3 is 2.50 bits per heavy atom. The molecule has 0 saturated carbocycles. The number of β-amino-alcohol motifs (C(OH)–C–C–N with tert-alkyl or cyclic N) is 1. The van der Waals surface area contributed by atoms with Gasteiger partial charge < -0.3 is 25.8 Å². The molecule has 0 spiro atoms. The van der Waals surface area contributed by atoms with E-state index < -0.39 is 5.60 Å². The minimum Gasteiger partial charge on any atom is -0.490 e. The molecule has 1 unspecified atom stereocenters. The van der Waals surface area contributed by atoms with Gasteiger partial charge in [-0.15, -0.1) is 11.3 Å². The number of benzene rings is 3. The molecule has 0 amide bonds. The van der Waals surface area contributed by atoms with Crippen LogP contribution in [0.15, 0.2) is 102 Å². The summed E-state index contributed by atoms with van der Waals surface area (Å²) in [6.07, 6.45) is 5.03. The van der Waals surface area contributed by atoms with Crippen LogP contribution in [-0.4, -0.2) is 73.1 Å². The van der Waals surface area contributed by atoms with Gasteiger partial charge in [0.2, 0.25) is 0 Å². The Bertz CT molecular complexity index is 2130. The number of nitrogens with two attached hydrogens (primary N) is 1. The van der Waals surface area contributed by atoms with Crippen molar-refractivity contribution in [2.75, 3.05) is 43.4 Å². The van der Waals surface area contributed by atoms with Gasteiger partial charge in [-0.2, -0.15) is 5.10 Å². The Balaban J connectivity index is 0.967.